The Hall–Kier alpha value is -2.64. The molecule has 0 spiro atoms. The molecule has 0 unspecified atom stereocenters. The number of aromatic amines is 1. The number of carbonyl (C=O) groups excluding carboxylic acids is 1. The first-order valence-corrected chi connectivity index (χ1v) is 5.80. The van der Waals surface area contributed by atoms with Gasteiger partial charge in [-0.3, -0.25) is 9.89 Å². The van der Waals surface area contributed by atoms with E-state index in [0.717, 1.165) is 18.7 Å². The van der Waals surface area contributed by atoms with Crippen LogP contribution in [0.3, 0.4) is 0 Å². The molecule has 0 aliphatic heterocycles. The number of primary amides is 1. The van der Waals surface area contributed by atoms with E-state index in [4.69, 9.17) is 11.5 Å². The number of carbonyl (C=O) groups is 1. The van der Waals surface area contributed by atoms with Gasteiger partial charge in [0.05, 0.1) is 17.4 Å². The van der Waals surface area contributed by atoms with Crippen molar-refractivity contribution in [3.63, 3.8) is 0 Å². The molecule has 0 radical (unpaired) electrons. The number of rotatable bonds is 6. The second-order valence-electron chi connectivity index (χ2n) is 3.99. The van der Waals surface area contributed by atoms with Gasteiger partial charge in [0, 0.05) is 13.0 Å². The first kappa shape index (κ1) is 12.8. The van der Waals surface area contributed by atoms with E-state index in [1.165, 1.54) is 18.6 Å². The largest absolute Gasteiger partial charge is 0.397 e. The molecule has 8 nitrogen and oxygen atoms in total. The van der Waals surface area contributed by atoms with Crippen molar-refractivity contribution in [2.24, 2.45) is 5.73 Å². The van der Waals surface area contributed by atoms with Crippen LogP contribution in [0, 0.1) is 0 Å². The number of aromatic nitrogens is 4. The van der Waals surface area contributed by atoms with E-state index in [0.29, 0.717) is 23.6 Å². The fourth-order valence-corrected chi connectivity index (χ4v) is 1.62. The Kier molecular flexibility index (Phi) is 3.91. The Morgan fingerprint density at radius 1 is 1.42 bits per heavy atom. The van der Waals surface area contributed by atoms with Crippen LogP contribution in [0.25, 0.3) is 0 Å². The molecule has 0 saturated carbocycles. The summed E-state index contributed by atoms with van der Waals surface area (Å²) in [6.45, 7) is 0.637. The van der Waals surface area contributed by atoms with Crippen molar-refractivity contribution in [2.45, 2.75) is 12.8 Å². The highest BCUT2D eigenvalue weighted by atomic mass is 16.1. The van der Waals surface area contributed by atoms with Crippen LogP contribution < -0.4 is 16.8 Å². The van der Waals surface area contributed by atoms with E-state index < -0.39 is 5.91 Å². The number of anilines is 2. The zero-order valence-electron chi connectivity index (χ0n) is 10.3. The van der Waals surface area contributed by atoms with Crippen molar-refractivity contribution in [2.75, 3.05) is 17.6 Å². The molecule has 0 saturated heterocycles. The van der Waals surface area contributed by atoms with Gasteiger partial charge in [0.15, 0.2) is 0 Å². The van der Waals surface area contributed by atoms with E-state index in [-0.39, 0.29) is 0 Å². The predicted octanol–water partition coefficient (Wildman–Crippen LogP) is -0.0745. The minimum Gasteiger partial charge on any atom is -0.397 e. The molecule has 6 N–H and O–H groups in total. The molecule has 0 bridgehead atoms. The lowest BCUT2D eigenvalue weighted by atomic mass is 10.2. The average molecular weight is 261 g/mol. The summed E-state index contributed by atoms with van der Waals surface area (Å²) in [5, 5.41) is 9.59. The topological polar surface area (TPSA) is 136 Å². The van der Waals surface area contributed by atoms with Gasteiger partial charge in [-0.15, -0.1) is 0 Å². The number of hydrogen-bond donors (Lipinski definition) is 4. The number of nitrogen functional groups attached to an aromatic ring is 1. The van der Waals surface area contributed by atoms with Gasteiger partial charge < -0.3 is 16.8 Å². The Morgan fingerprint density at radius 3 is 2.95 bits per heavy atom. The molecule has 1 amide bonds. The second-order valence-corrected chi connectivity index (χ2v) is 3.99. The summed E-state index contributed by atoms with van der Waals surface area (Å²) >= 11 is 0. The predicted molar refractivity (Wildman–Crippen MR) is 70.4 cm³/mol. The zero-order chi connectivity index (χ0) is 13.7. The Balaban J connectivity index is 1.90. The summed E-state index contributed by atoms with van der Waals surface area (Å²) in [6.07, 6.45) is 4.52. The number of nitrogens with zero attached hydrogens (tertiary/aromatic N) is 3. The lowest BCUT2D eigenvalue weighted by Crippen LogP contribution is -2.16. The summed E-state index contributed by atoms with van der Waals surface area (Å²) in [5.74, 6) is 0.707. The van der Waals surface area contributed by atoms with Gasteiger partial charge in [-0.1, -0.05) is 0 Å². The van der Waals surface area contributed by atoms with Crippen molar-refractivity contribution in [3.05, 3.63) is 30.0 Å². The van der Waals surface area contributed by atoms with Crippen molar-refractivity contribution in [3.8, 4) is 0 Å². The summed E-state index contributed by atoms with van der Waals surface area (Å²) < 4.78 is 0. The molecule has 2 aromatic rings. The quantitative estimate of drug-likeness (QED) is 0.537. The summed E-state index contributed by atoms with van der Waals surface area (Å²) in [5.41, 5.74) is 11.5. The monoisotopic (exact) mass is 261 g/mol. The molecule has 0 fully saturated rings. The molecule has 2 aromatic heterocycles. The summed E-state index contributed by atoms with van der Waals surface area (Å²) in [7, 11) is 0. The number of amides is 1. The fourth-order valence-electron chi connectivity index (χ4n) is 1.62. The van der Waals surface area contributed by atoms with Crippen LogP contribution in [-0.2, 0) is 6.42 Å². The Bertz CT molecular complexity index is 552. The van der Waals surface area contributed by atoms with Crippen LogP contribution in [-0.4, -0.2) is 32.6 Å². The lowest BCUT2D eigenvalue weighted by Gasteiger charge is -2.09. The smallest absolute Gasteiger partial charge is 0.252 e. The van der Waals surface area contributed by atoms with Crippen LogP contribution in [0.15, 0.2) is 18.6 Å². The first-order valence-electron chi connectivity index (χ1n) is 5.80. The van der Waals surface area contributed by atoms with Crippen molar-refractivity contribution < 1.29 is 4.79 Å². The van der Waals surface area contributed by atoms with Gasteiger partial charge in [-0.05, 0) is 12.5 Å². The van der Waals surface area contributed by atoms with Gasteiger partial charge in [0.2, 0.25) is 0 Å². The molecule has 19 heavy (non-hydrogen) atoms. The number of nitrogens with one attached hydrogen (secondary N) is 2. The molecule has 2 rings (SSSR count). The highest BCUT2D eigenvalue weighted by Crippen LogP contribution is 2.14. The van der Waals surface area contributed by atoms with E-state index in [1.807, 2.05) is 0 Å². The lowest BCUT2D eigenvalue weighted by molar-refractivity contribution is 0.100. The van der Waals surface area contributed by atoms with Crippen molar-refractivity contribution in [1.82, 2.24) is 20.2 Å². The highest BCUT2D eigenvalue weighted by Gasteiger charge is 2.09. The van der Waals surface area contributed by atoms with Gasteiger partial charge in [-0.2, -0.15) is 5.10 Å². The zero-order valence-corrected chi connectivity index (χ0v) is 10.3. The molecular formula is C11H15N7O. The standard InChI is InChI=1S/C11H15N7O/c12-7-4-8(10(13)19)11(15-5-7)14-3-1-2-9-16-6-17-18-9/h4-6H,1-3,12H2,(H2,13,19)(H,14,15)(H,16,17,18). The molecule has 0 atom stereocenters. The molecule has 100 valence electrons. The fraction of sp³-hybridized carbons (Fsp3) is 0.273. The van der Waals surface area contributed by atoms with E-state index in [1.54, 1.807) is 0 Å². The van der Waals surface area contributed by atoms with Crippen molar-refractivity contribution >= 4 is 17.4 Å². The third-order valence-corrected chi connectivity index (χ3v) is 2.52. The molecule has 0 aromatic carbocycles. The summed E-state index contributed by atoms with van der Waals surface area (Å²) in [4.78, 5) is 19.3. The minimum absolute atomic E-state index is 0.291. The van der Waals surface area contributed by atoms with Gasteiger partial charge in [0.25, 0.3) is 5.91 Å². The van der Waals surface area contributed by atoms with Gasteiger partial charge in [-0.25, -0.2) is 9.97 Å². The molecule has 0 aliphatic carbocycles. The SMILES string of the molecule is NC(=O)c1cc(N)cnc1NCCCc1ncn[nH]1. The molecule has 0 aliphatic rings. The normalized spacial score (nSPS) is 10.3. The minimum atomic E-state index is -0.558. The maximum atomic E-state index is 11.3. The number of hydrogen-bond acceptors (Lipinski definition) is 6. The number of pyridine rings is 1. The maximum absolute atomic E-state index is 11.3. The van der Waals surface area contributed by atoms with Crippen LogP contribution in [0.2, 0.25) is 0 Å². The van der Waals surface area contributed by atoms with Gasteiger partial charge in [0.1, 0.15) is 18.0 Å². The van der Waals surface area contributed by atoms with Gasteiger partial charge >= 0.3 is 0 Å². The van der Waals surface area contributed by atoms with E-state index in [9.17, 15) is 4.79 Å². The number of aryl methyl sites for hydroxylation is 1. The molecule has 8 heteroatoms. The third kappa shape index (κ3) is 3.41. The van der Waals surface area contributed by atoms with E-state index in [2.05, 4.69) is 25.5 Å². The van der Waals surface area contributed by atoms with Crippen molar-refractivity contribution in [1.29, 1.82) is 0 Å². The summed E-state index contributed by atoms with van der Waals surface area (Å²) in [6, 6.07) is 1.51. The number of nitrogens with two attached hydrogens (primary N) is 2. The Morgan fingerprint density at radius 2 is 2.26 bits per heavy atom. The maximum Gasteiger partial charge on any atom is 0.252 e. The molecule has 2 heterocycles. The molecular weight excluding hydrogens is 246 g/mol. The number of H-pyrrole nitrogens is 1. The first-order chi connectivity index (χ1) is 9.16. The Labute approximate surface area is 109 Å². The van der Waals surface area contributed by atoms with Crippen LogP contribution in [0.4, 0.5) is 11.5 Å². The average Bonchev–Trinajstić information content (AvgIpc) is 2.89. The second kappa shape index (κ2) is 5.80. The van der Waals surface area contributed by atoms with Crippen LogP contribution >= 0.6 is 0 Å². The van der Waals surface area contributed by atoms with Crippen LogP contribution in [0.1, 0.15) is 22.6 Å². The highest BCUT2D eigenvalue weighted by molar-refractivity contribution is 5.98. The third-order valence-electron chi connectivity index (χ3n) is 2.52. The van der Waals surface area contributed by atoms with Crippen LogP contribution in [0.5, 0.6) is 0 Å². The van der Waals surface area contributed by atoms with E-state index >= 15 is 0 Å².